The Kier molecular flexibility index (Phi) is 11.0. The fourth-order valence-electron chi connectivity index (χ4n) is 6.12. The molecule has 2 aliphatic rings. The van der Waals surface area contributed by atoms with Gasteiger partial charge in [0.15, 0.2) is 6.29 Å². The summed E-state index contributed by atoms with van der Waals surface area (Å²) in [5, 5.41) is 23.2. The summed E-state index contributed by atoms with van der Waals surface area (Å²) < 4.78 is 52.2. The Balaban J connectivity index is 1.33. The highest BCUT2D eigenvalue weighted by Crippen LogP contribution is 2.39. The minimum absolute atomic E-state index is 0.0892. The average molecular weight is 656 g/mol. The van der Waals surface area contributed by atoms with Crippen molar-refractivity contribution in [2.45, 2.75) is 75.7 Å². The van der Waals surface area contributed by atoms with E-state index in [4.69, 9.17) is 9.47 Å². The molecule has 0 aromatic heterocycles. The molecule has 9 nitrogen and oxygen atoms in total. The summed E-state index contributed by atoms with van der Waals surface area (Å²) in [6.07, 6.45) is -6.42. The minimum atomic E-state index is -5.06. The van der Waals surface area contributed by atoms with Crippen molar-refractivity contribution in [3.63, 3.8) is 0 Å². The number of likely N-dealkylation sites (N-methyl/N-ethyl adjacent to an activating group) is 1. The van der Waals surface area contributed by atoms with Crippen LogP contribution in [0.25, 0.3) is 0 Å². The van der Waals surface area contributed by atoms with Crippen molar-refractivity contribution in [2.24, 2.45) is 0 Å². The summed E-state index contributed by atoms with van der Waals surface area (Å²) in [7, 11) is 1.92. The number of aliphatic hydroxyl groups excluding tert-OH is 2. The number of nitrogens with zero attached hydrogens (tertiary/aromatic N) is 2. The molecule has 0 aliphatic carbocycles. The second-order valence-electron chi connectivity index (χ2n) is 12.2. The van der Waals surface area contributed by atoms with E-state index in [-0.39, 0.29) is 37.8 Å². The summed E-state index contributed by atoms with van der Waals surface area (Å²) in [6, 6.07) is 22.1. The number of alkyl halides is 3. The number of aliphatic hydroxyl groups is 2. The van der Waals surface area contributed by atoms with Crippen LogP contribution < -0.4 is 5.32 Å². The number of benzene rings is 3. The molecule has 2 amide bonds. The van der Waals surface area contributed by atoms with E-state index in [2.05, 4.69) is 5.32 Å². The zero-order valence-corrected chi connectivity index (χ0v) is 26.3. The average Bonchev–Trinajstić information content (AvgIpc) is 3.57. The van der Waals surface area contributed by atoms with E-state index < -0.39 is 36.4 Å². The molecule has 6 atom stereocenters. The predicted molar refractivity (Wildman–Crippen MR) is 168 cm³/mol. The Labute approximate surface area is 271 Å². The Bertz CT molecular complexity index is 1510. The molecule has 0 saturated carbocycles. The number of hydrogen-bond acceptors (Lipinski definition) is 7. The van der Waals surface area contributed by atoms with Crippen LogP contribution in [0.4, 0.5) is 18.9 Å². The van der Waals surface area contributed by atoms with E-state index >= 15 is 0 Å². The lowest BCUT2D eigenvalue weighted by molar-refractivity contribution is -0.253. The van der Waals surface area contributed by atoms with Gasteiger partial charge in [-0.1, -0.05) is 66.7 Å². The Morgan fingerprint density at radius 2 is 1.74 bits per heavy atom. The van der Waals surface area contributed by atoms with Gasteiger partial charge in [0, 0.05) is 36.8 Å². The number of anilines is 1. The Morgan fingerprint density at radius 1 is 1.02 bits per heavy atom. The van der Waals surface area contributed by atoms with Crippen molar-refractivity contribution in [1.29, 1.82) is 0 Å². The molecule has 2 aliphatic heterocycles. The molecule has 5 rings (SSSR count). The van der Waals surface area contributed by atoms with E-state index in [0.717, 1.165) is 16.7 Å². The number of likely N-dealkylation sites (tertiary alicyclic amines) is 1. The van der Waals surface area contributed by atoms with Crippen molar-refractivity contribution in [3.8, 4) is 0 Å². The topological polar surface area (TPSA) is 112 Å². The molecular weight excluding hydrogens is 615 g/mol. The molecule has 12 heteroatoms. The number of carbonyl (C=O) groups excluding carboxylic acids is 2. The van der Waals surface area contributed by atoms with Crippen molar-refractivity contribution in [3.05, 3.63) is 101 Å². The minimum Gasteiger partial charge on any atom is -0.392 e. The summed E-state index contributed by atoms with van der Waals surface area (Å²) in [5.41, 5.74) is 3.37. The molecule has 252 valence electrons. The second-order valence-corrected chi connectivity index (χ2v) is 12.2. The van der Waals surface area contributed by atoms with Gasteiger partial charge in [0.05, 0.1) is 24.9 Å². The first-order chi connectivity index (χ1) is 22.4. The Morgan fingerprint density at radius 3 is 2.43 bits per heavy atom. The first-order valence-electron chi connectivity index (χ1n) is 15.7. The number of halogens is 3. The van der Waals surface area contributed by atoms with Gasteiger partial charge < -0.3 is 29.9 Å². The molecule has 0 bridgehead atoms. The zero-order chi connectivity index (χ0) is 33.7. The van der Waals surface area contributed by atoms with Crippen LogP contribution in [0.5, 0.6) is 0 Å². The van der Waals surface area contributed by atoms with Crippen LogP contribution in [0.1, 0.15) is 66.9 Å². The summed E-state index contributed by atoms with van der Waals surface area (Å²) in [5.74, 6) is -2.72. The largest absolute Gasteiger partial charge is 0.471 e. The quantitative estimate of drug-likeness (QED) is 0.273. The SMILES string of the molecule is C[C@H]([C@@H](O)c1ccccc1)N(C)C[C@H]1C[C@@H](c2ccc(CO)cc2)O[C@@H](c2cccc(NC(=O)[C@@H]3CCCN3C(=O)C(F)(F)F)c2)O1. The monoisotopic (exact) mass is 655 g/mol. The van der Waals surface area contributed by atoms with E-state index in [1.165, 1.54) is 0 Å². The van der Waals surface area contributed by atoms with Gasteiger partial charge in [0.2, 0.25) is 5.91 Å². The number of nitrogens with one attached hydrogen (secondary N) is 1. The second kappa shape index (κ2) is 15.0. The van der Waals surface area contributed by atoms with Gasteiger partial charge in [-0.25, -0.2) is 0 Å². The van der Waals surface area contributed by atoms with E-state index in [0.29, 0.717) is 35.5 Å². The van der Waals surface area contributed by atoms with Gasteiger partial charge in [-0.3, -0.25) is 14.5 Å². The Hall–Kier alpha value is -3.81. The van der Waals surface area contributed by atoms with Crippen LogP contribution in [0.2, 0.25) is 0 Å². The van der Waals surface area contributed by atoms with Crippen molar-refractivity contribution < 1.29 is 42.4 Å². The third kappa shape index (κ3) is 8.38. The van der Waals surface area contributed by atoms with Crippen molar-refractivity contribution >= 4 is 17.5 Å². The van der Waals surface area contributed by atoms with E-state index in [9.17, 15) is 33.0 Å². The van der Waals surface area contributed by atoms with Crippen molar-refractivity contribution in [2.75, 3.05) is 25.5 Å². The number of rotatable bonds is 10. The fraction of sp³-hybridized carbons (Fsp3) is 0.429. The normalized spacial score (nSPS) is 23.0. The van der Waals surface area contributed by atoms with Crippen molar-refractivity contribution in [1.82, 2.24) is 9.80 Å². The van der Waals surface area contributed by atoms with E-state index in [1.807, 2.05) is 73.5 Å². The zero-order valence-electron chi connectivity index (χ0n) is 26.3. The summed E-state index contributed by atoms with van der Waals surface area (Å²) >= 11 is 0. The fourth-order valence-corrected chi connectivity index (χ4v) is 6.12. The molecule has 3 N–H and O–H groups in total. The van der Waals surface area contributed by atoms with Crippen LogP contribution >= 0.6 is 0 Å². The van der Waals surface area contributed by atoms with Crippen LogP contribution in [-0.4, -0.2) is 76.3 Å². The molecule has 3 aromatic carbocycles. The molecule has 2 saturated heterocycles. The molecule has 0 radical (unpaired) electrons. The first kappa shape index (κ1) is 34.5. The van der Waals surface area contributed by atoms with Gasteiger partial charge in [-0.05, 0) is 55.6 Å². The molecule has 0 unspecified atom stereocenters. The molecule has 0 spiro atoms. The number of ether oxygens (including phenoxy) is 2. The molecule has 2 fully saturated rings. The van der Waals surface area contributed by atoms with Crippen LogP contribution in [0.3, 0.4) is 0 Å². The number of carbonyl (C=O) groups is 2. The van der Waals surface area contributed by atoms with Crippen LogP contribution in [-0.2, 0) is 25.7 Å². The van der Waals surface area contributed by atoms with Crippen LogP contribution in [0.15, 0.2) is 78.9 Å². The van der Waals surface area contributed by atoms with Gasteiger partial charge in [-0.2, -0.15) is 13.2 Å². The smallest absolute Gasteiger partial charge is 0.392 e. The van der Waals surface area contributed by atoms with Gasteiger partial charge in [-0.15, -0.1) is 0 Å². The maximum absolute atomic E-state index is 13.1. The standard InChI is InChI=1S/C35H40F3N3O6/c1-22(31(43)25-8-4-3-5-9-25)40(2)20-28-19-30(24-15-13-23(21-42)14-16-24)47-33(46-28)26-10-6-11-27(18-26)39-32(44)29-12-7-17-41(29)34(45)35(36,37)38/h3-6,8-11,13-16,18,22,28-31,33,42-43H,7,12,17,19-21H2,1-2H3,(H,39,44)/t22-,28-,29+,30+,31-,33+/m1/s1. The third-order valence-electron chi connectivity index (χ3n) is 8.89. The van der Waals surface area contributed by atoms with Gasteiger partial charge >= 0.3 is 12.1 Å². The molecule has 3 aromatic rings. The van der Waals surface area contributed by atoms with E-state index in [1.54, 1.807) is 24.3 Å². The number of hydrogen-bond donors (Lipinski definition) is 3. The lowest BCUT2D eigenvalue weighted by Gasteiger charge is -2.39. The van der Waals surface area contributed by atoms with Gasteiger partial charge in [0.1, 0.15) is 6.04 Å². The first-order valence-corrected chi connectivity index (χ1v) is 15.7. The maximum Gasteiger partial charge on any atom is 0.471 e. The number of amides is 2. The predicted octanol–water partition coefficient (Wildman–Crippen LogP) is 5.27. The highest BCUT2D eigenvalue weighted by atomic mass is 19.4. The summed E-state index contributed by atoms with van der Waals surface area (Å²) in [4.78, 5) is 27.6. The molecule has 47 heavy (non-hydrogen) atoms. The third-order valence-corrected chi connectivity index (χ3v) is 8.89. The lowest BCUT2D eigenvalue weighted by atomic mass is 9.98. The molecular formula is C35H40F3N3O6. The highest BCUT2D eigenvalue weighted by molar-refractivity contribution is 5.98. The molecule has 2 heterocycles. The summed E-state index contributed by atoms with van der Waals surface area (Å²) in [6.45, 7) is 2.18. The lowest BCUT2D eigenvalue weighted by Crippen LogP contribution is -2.48. The van der Waals surface area contributed by atoms with Crippen LogP contribution in [0, 0.1) is 0 Å². The maximum atomic E-state index is 13.1. The highest BCUT2D eigenvalue weighted by Gasteiger charge is 2.47. The van der Waals surface area contributed by atoms with Gasteiger partial charge in [0.25, 0.3) is 0 Å².